The number of nitrogens with one attached hydrogen (secondary N) is 3. The third-order valence-electron chi connectivity index (χ3n) is 12.7. The van der Waals surface area contributed by atoms with Crippen molar-refractivity contribution in [1.29, 1.82) is 0 Å². The predicted octanol–water partition coefficient (Wildman–Crippen LogP) is 1.80. The summed E-state index contributed by atoms with van der Waals surface area (Å²) < 4.78 is 68.8. The zero-order valence-corrected chi connectivity index (χ0v) is 45.5. The number of fused-ring (bicyclic) bond motifs is 3. The van der Waals surface area contributed by atoms with Crippen molar-refractivity contribution in [2.45, 2.75) is 160 Å². The number of alkyl carbamates (subject to hydrolysis) is 1. The summed E-state index contributed by atoms with van der Waals surface area (Å²) in [4.78, 5) is 141. The number of methoxy groups -OCH3 is 1. The smallest absolute Gasteiger partial charge is 0.407 e. The summed E-state index contributed by atoms with van der Waals surface area (Å²) >= 11 is 0. The minimum Gasteiger partial charge on any atom is -0.480 e. The molecule has 27 nitrogen and oxygen atoms in total. The second kappa shape index (κ2) is 28.9. The van der Waals surface area contributed by atoms with Crippen molar-refractivity contribution in [2.24, 2.45) is 0 Å². The van der Waals surface area contributed by atoms with Crippen LogP contribution in [0.1, 0.15) is 98.1 Å². The molecule has 0 spiro atoms. The molecule has 0 bridgehead atoms. The minimum atomic E-state index is -2.80. The second-order valence-corrected chi connectivity index (χ2v) is 18.9. The molecule has 4 N–H and O–H groups in total. The Hall–Kier alpha value is -7.75. The monoisotopic (exact) mass is 1130 g/mol. The van der Waals surface area contributed by atoms with Crippen LogP contribution in [-0.2, 0) is 105 Å². The largest absolute Gasteiger partial charge is 0.480 e. The first-order chi connectivity index (χ1) is 37.8. The Balaban J connectivity index is 1.41. The van der Waals surface area contributed by atoms with Crippen LogP contribution in [-0.4, -0.2) is 177 Å². The fraction of sp³-hybridized carbons (Fsp3) is 0.566. The van der Waals surface area contributed by atoms with Gasteiger partial charge in [-0.25, -0.2) is 14.4 Å². The van der Waals surface area contributed by atoms with E-state index in [1.54, 1.807) is 0 Å². The highest BCUT2D eigenvalue weighted by Crippen LogP contribution is 2.45. The normalized spacial score (nSPS) is 24.1. The molecule has 3 aliphatic rings. The van der Waals surface area contributed by atoms with E-state index in [1.165, 1.54) is 0 Å². The average Bonchev–Trinajstić information content (AvgIpc) is 3.74. The first-order valence-electron chi connectivity index (χ1n) is 25.4. The lowest BCUT2D eigenvalue weighted by Crippen LogP contribution is -2.70. The van der Waals surface area contributed by atoms with Crippen LogP contribution in [0, 0.1) is 0 Å². The van der Waals surface area contributed by atoms with E-state index in [-0.39, 0.29) is 38.4 Å². The number of hydrogen-bond donors (Lipinski definition) is 4. The zero-order valence-electron chi connectivity index (χ0n) is 45.5. The van der Waals surface area contributed by atoms with E-state index in [9.17, 15) is 57.8 Å². The van der Waals surface area contributed by atoms with Crippen molar-refractivity contribution in [1.82, 2.24) is 16.0 Å². The highest BCUT2D eigenvalue weighted by atomic mass is 16.8. The summed E-state index contributed by atoms with van der Waals surface area (Å²) in [6, 6.07) is 11.0. The van der Waals surface area contributed by atoms with Crippen molar-refractivity contribution >= 4 is 65.7 Å². The van der Waals surface area contributed by atoms with E-state index in [4.69, 9.17) is 56.8 Å². The molecule has 2 aliphatic heterocycles. The number of aliphatic carboxylic acids is 1. The van der Waals surface area contributed by atoms with Gasteiger partial charge < -0.3 is 77.9 Å². The Morgan fingerprint density at radius 2 is 1.25 bits per heavy atom. The lowest BCUT2D eigenvalue weighted by Gasteiger charge is -2.49. The number of rotatable bonds is 25. The van der Waals surface area contributed by atoms with Gasteiger partial charge in [-0.15, -0.1) is 0 Å². The maximum atomic E-state index is 14.2. The minimum absolute atomic E-state index is 0.0612. The molecule has 2 saturated heterocycles. The van der Waals surface area contributed by atoms with Gasteiger partial charge in [-0.05, 0) is 41.5 Å². The molecule has 2 heterocycles. The summed E-state index contributed by atoms with van der Waals surface area (Å²) in [6.07, 6.45) is -15.4. The molecule has 2 aromatic rings. The lowest BCUT2D eigenvalue weighted by atomic mass is 9.87. The fourth-order valence-electron chi connectivity index (χ4n) is 9.69. The highest BCUT2D eigenvalue weighted by molar-refractivity contribution is 5.82. The molecule has 438 valence electrons. The van der Waals surface area contributed by atoms with Gasteiger partial charge in [0.1, 0.15) is 43.6 Å². The topological polar surface area (TPSA) is 355 Å². The van der Waals surface area contributed by atoms with Crippen molar-refractivity contribution in [2.75, 3.05) is 33.5 Å². The first kappa shape index (κ1) is 63.1. The zero-order chi connectivity index (χ0) is 59.0. The van der Waals surface area contributed by atoms with Gasteiger partial charge in [0.15, 0.2) is 30.7 Å². The van der Waals surface area contributed by atoms with Gasteiger partial charge in [-0.3, -0.25) is 38.4 Å². The van der Waals surface area contributed by atoms with E-state index >= 15 is 0 Å². The fourth-order valence-corrected chi connectivity index (χ4v) is 9.69. The number of unbranched alkanes of at least 4 members (excludes halogenated alkanes) is 1. The second-order valence-electron chi connectivity index (χ2n) is 18.9. The third kappa shape index (κ3) is 17.1. The van der Waals surface area contributed by atoms with Gasteiger partial charge in [0.05, 0.1) is 26.2 Å². The number of ether oxygens (including phenoxy) is 12. The Bertz CT molecular complexity index is 2560. The van der Waals surface area contributed by atoms with Crippen molar-refractivity contribution in [3.8, 4) is 11.1 Å². The third-order valence-corrected chi connectivity index (χ3v) is 12.7. The summed E-state index contributed by atoms with van der Waals surface area (Å²) in [5.74, 6) is -13.0. The number of benzene rings is 2. The molecule has 3 amide bonds. The molecule has 0 saturated carbocycles. The first-order valence-corrected chi connectivity index (χ1v) is 25.4. The Morgan fingerprint density at radius 3 is 1.79 bits per heavy atom. The maximum Gasteiger partial charge on any atom is 0.407 e. The van der Waals surface area contributed by atoms with Gasteiger partial charge in [-0.2, -0.15) is 0 Å². The molecule has 2 fully saturated rings. The Morgan fingerprint density at radius 1 is 0.675 bits per heavy atom. The molecule has 0 unspecified atom stereocenters. The molecule has 0 radical (unpaired) electrons. The molecule has 27 heteroatoms. The van der Waals surface area contributed by atoms with Crippen molar-refractivity contribution < 1.29 is 115 Å². The molecular weight excluding hydrogens is 1060 g/mol. The number of carboxylic acid groups (broad SMARTS) is 1. The Kier molecular flexibility index (Phi) is 22.8. The van der Waals surface area contributed by atoms with Crippen LogP contribution in [0.25, 0.3) is 11.1 Å². The average molecular weight is 1130 g/mol. The standard InChI is InChI=1S/C53H67N3O24/c1-26(57)54-43-40(74-29(4)60)22-53(51(67)69-9,80-48(43)46(77-32(7)63)41(75-30(5)61)24-71-28(3)59)73-25-42-45(76-31(6)62)47(78-33(8)64)44(55-27(2)58)50(79-42)70-21-15-14-20-39(49(65)66)56-52(68)72-23-38-36-18-12-10-16-34(36)35-17-11-13-19-37(35)38/h10-13,16-19,38-48,50H,14-15,20-25H2,1-9H3,(H,54,57)(H,55,58)(H,56,68)(H,65,66)/t39-,40-,41+,42+,43+,44+,45-,46+,47+,48+,50-,53+/m0/s1. The maximum absolute atomic E-state index is 14.2. The summed E-state index contributed by atoms with van der Waals surface area (Å²) in [7, 11) is 0.923. The number of hydrogen-bond acceptors (Lipinski definition) is 23. The summed E-state index contributed by atoms with van der Waals surface area (Å²) in [5.41, 5.74) is 3.93. The molecular formula is C53H67N3O24. The van der Waals surface area contributed by atoms with E-state index in [2.05, 4.69) is 16.0 Å². The van der Waals surface area contributed by atoms with Crippen LogP contribution in [0.5, 0.6) is 0 Å². The van der Waals surface area contributed by atoms with Crippen LogP contribution < -0.4 is 16.0 Å². The molecule has 12 atom stereocenters. The molecule has 2 aromatic carbocycles. The number of carboxylic acids is 1. The van der Waals surface area contributed by atoms with E-state index in [1.807, 2.05) is 48.5 Å². The van der Waals surface area contributed by atoms with Gasteiger partial charge in [0.25, 0.3) is 5.79 Å². The number of esters is 7. The molecule has 0 aromatic heterocycles. The lowest BCUT2D eigenvalue weighted by molar-refractivity contribution is -0.332. The number of carbonyl (C=O) groups is 11. The summed E-state index contributed by atoms with van der Waals surface area (Å²) in [5, 5.41) is 17.6. The Labute approximate surface area is 459 Å². The number of amides is 3. The number of carbonyl (C=O) groups excluding carboxylic acids is 10. The van der Waals surface area contributed by atoms with Gasteiger partial charge >= 0.3 is 53.8 Å². The van der Waals surface area contributed by atoms with Crippen LogP contribution in [0.4, 0.5) is 4.79 Å². The van der Waals surface area contributed by atoms with E-state index < -0.39 is 158 Å². The molecule has 1 aliphatic carbocycles. The summed E-state index contributed by atoms with van der Waals surface area (Å²) in [6.45, 7) is 6.19. The predicted molar refractivity (Wildman–Crippen MR) is 268 cm³/mol. The van der Waals surface area contributed by atoms with Crippen LogP contribution in [0.3, 0.4) is 0 Å². The quantitative estimate of drug-likeness (QED) is 0.0625. The van der Waals surface area contributed by atoms with Gasteiger partial charge in [-0.1, -0.05) is 48.5 Å². The van der Waals surface area contributed by atoms with E-state index in [0.717, 1.165) is 84.8 Å². The van der Waals surface area contributed by atoms with E-state index in [0.29, 0.717) is 0 Å². The van der Waals surface area contributed by atoms with Crippen molar-refractivity contribution in [3.05, 3.63) is 59.7 Å². The van der Waals surface area contributed by atoms with Crippen LogP contribution in [0.15, 0.2) is 48.5 Å². The van der Waals surface area contributed by atoms with Crippen LogP contribution >= 0.6 is 0 Å². The van der Waals surface area contributed by atoms with Crippen molar-refractivity contribution in [3.63, 3.8) is 0 Å². The SMILES string of the molecule is COC(=O)[C@@]1(OC[C@H]2O[C@H](OCCCC[C@H](NC(=O)OCC3c4ccccc4-c4ccccc43)C(=O)O)[C@H](NC(C)=O)[C@@H](OC(C)=O)[C@H]2OC(C)=O)C[C@H](OC(C)=O)[C@@H](NC(C)=O)[C@H]([C@H](OC(C)=O)[C@@H](COC(C)=O)OC(C)=O)O1. The van der Waals surface area contributed by atoms with Gasteiger partial charge in [0.2, 0.25) is 11.8 Å². The van der Waals surface area contributed by atoms with Gasteiger partial charge in [0, 0.05) is 67.9 Å². The highest BCUT2D eigenvalue weighted by Gasteiger charge is 2.60. The van der Waals surface area contributed by atoms with Crippen LogP contribution in [0.2, 0.25) is 0 Å². The molecule has 5 rings (SSSR count). The molecule has 80 heavy (non-hydrogen) atoms.